The lowest BCUT2D eigenvalue weighted by atomic mass is 9.89. The highest BCUT2D eigenvalue weighted by Crippen LogP contribution is 2.33. The molecule has 0 amide bonds. The van der Waals surface area contributed by atoms with Crippen LogP contribution in [-0.2, 0) is 10.3 Å². The molecule has 1 aromatic carbocycles. The first-order valence-corrected chi connectivity index (χ1v) is 6.50. The minimum atomic E-state index is -0.975. The molecule has 19 heavy (non-hydrogen) atoms. The number of rotatable bonds is 7. The lowest BCUT2D eigenvalue weighted by Crippen LogP contribution is -2.37. The van der Waals surface area contributed by atoms with E-state index in [1.165, 1.54) is 0 Å². The zero-order valence-electron chi connectivity index (χ0n) is 12.5. The van der Waals surface area contributed by atoms with E-state index in [0.29, 0.717) is 19.7 Å². The Labute approximate surface area is 115 Å². The molecule has 0 fully saturated rings. The molecule has 0 aliphatic heterocycles. The van der Waals surface area contributed by atoms with Crippen molar-refractivity contribution in [1.82, 2.24) is 5.32 Å². The summed E-state index contributed by atoms with van der Waals surface area (Å²) in [5, 5.41) is 13.9. The van der Waals surface area contributed by atoms with Crippen LogP contribution >= 0.6 is 0 Å². The van der Waals surface area contributed by atoms with Crippen molar-refractivity contribution in [2.24, 2.45) is 0 Å². The highest BCUT2D eigenvalue weighted by Gasteiger charge is 2.28. The van der Waals surface area contributed by atoms with Crippen LogP contribution in [-0.4, -0.2) is 39.0 Å². The monoisotopic (exact) mass is 267 g/mol. The van der Waals surface area contributed by atoms with Gasteiger partial charge in [0.25, 0.3) is 0 Å². The van der Waals surface area contributed by atoms with Gasteiger partial charge in [0.15, 0.2) is 0 Å². The molecule has 1 aromatic rings. The van der Waals surface area contributed by atoms with Crippen LogP contribution in [0.5, 0.6) is 5.75 Å². The lowest BCUT2D eigenvalue weighted by molar-refractivity contribution is 0.0518. The number of aryl methyl sites for hydroxylation is 2. The van der Waals surface area contributed by atoms with E-state index in [-0.39, 0.29) is 0 Å². The molecule has 0 aromatic heterocycles. The minimum Gasteiger partial charge on any atom is -0.496 e. The van der Waals surface area contributed by atoms with Crippen molar-refractivity contribution in [3.05, 3.63) is 28.8 Å². The van der Waals surface area contributed by atoms with Crippen molar-refractivity contribution < 1.29 is 14.6 Å². The van der Waals surface area contributed by atoms with Crippen LogP contribution in [0, 0.1) is 13.8 Å². The topological polar surface area (TPSA) is 50.7 Å². The number of aliphatic hydroxyl groups is 1. The number of hydrogen-bond donors (Lipinski definition) is 2. The zero-order valence-corrected chi connectivity index (χ0v) is 12.5. The maximum Gasteiger partial charge on any atom is 0.125 e. The Hall–Kier alpha value is -1.10. The van der Waals surface area contributed by atoms with Gasteiger partial charge in [-0.1, -0.05) is 6.07 Å². The van der Waals surface area contributed by atoms with Gasteiger partial charge in [0, 0.05) is 25.8 Å². The number of benzene rings is 1. The Morgan fingerprint density at radius 1 is 1.26 bits per heavy atom. The standard InChI is InChI=1S/C15H25NO3/c1-11-8-12(2)14(13(9-11)19-5)15(3,17)10-16-6-7-18-4/h8-9,16-17H,6-7,10H2,1-5H3. The van der Waals surface area contributed by atoms with Crippen molar-refractivity contribution in [3.8, 4) is 5.75 Å². The first kappa shape index (κ1) is 16.0. The van der Waals surface area contributed by atoms with E-state index in [1.54, 1.807) is 21.1 Å². The molecule has 0 saturated heterocycles. The molecule has 0 heterocycles. The molecule has 1 rings (SSSR count). The molecule has 0 radical (unpaired) electrons. The van der Waals surface area contributed by atoms with Crippen LogP contribution in [0.15, 0.2) is 12.1 Å². The minimum absolute atomic E-state index is 0.455. The molecule has 0 bridgehead atoms. The molecule has 1 unspecified atom stereocenters. The fraction of sp³-hybridized carbons (Fsp3) is 0.600. The second kappa shape index (κ2) is 6.89. The summed E-state index contributed by atoms with van der Waals surface area (Å²) in [6, 6.07) is 4.01. The second-order valence-corrected chi connectivity index (χ2v) is 5.10. The maximum absolute atomic E-state index is 10.7. The van der Waals surface area contributed by atoms with Gasteiger partial charge < -0.3 is 19.9 Å². The Bertz CT molecular complexity index is 416. The van der Waals surface area contributed by atoms with Crippen LogP contribution in [0.1, 0.15) is 23.6 Å². The zero-order chi connectivity index (χ0) is 14.5. The van der Waals surface area contributed by atoms with E-state index in [1.807, 2.05) is 19.9 Å². The van der Waals surface area contributed by atoms with Crippen molar-refractivity contribution >= 4 is 0 Å². The Morgan fingerprint density at radius 3 is 2.53 bits per heavy atom. The van der Waals surface area contributed by atoms with Crippen molar-refractivity contribution in [2.45, 2.75) is 26.4 Å². The molecule has 0 aliphatic rings. The third-order valence-corrected chi connectivity index (χ3v) is 3.15. The molecule has 4 nitrogen and oxygen atoms in total. The molecule has 0 spiro atoms. The van der Waals surface area contributed by atoms with Crippen LogP contribution in [0.2, 0.25) is 0 Å². The van der Waals surface area contributed by atoms with E-state index >= 15 is 0 Å². The lowest BCUT2D eigenvalue weighted by Gasteiger charge is -2.28. The number of hydrogen-bond acceptors (Lipinski definition) is 4. The summed E-state index contributed by atoms with van der Waals surface area (Å²) in [5.74, 6) is 0.732. The molecule has 0 saturated carbocycles. The average molecular weight is 267 g/mol. The molecule has 4 heteroatoms. The third kappa shape index (κ3) is 4.20. The van der Waals surface area contributed by atoms with Gasteiger partial charge in [0.05, 0.1) is 13.7 Å². The summed E-state index contributed by atoms with van der Waals surface area (Å²) in [6.07, 6.45) is 0. The van der Waals surface area contributed by atoms with E-state index < -0.39 is 5.60 Å². The Morgan fingerprint density at radius 2 is 1.95 bits per heavy atom. The van der Waals surface area contributed by atoms with Gasteiger partial charge in [-0.3, -0.25) is 0 Å². The van der Waals surface area contributed by atoms with Crippen molar-refractivity contribution in [1.29, 1.82) is 0 Å². The third-order valence-electron chi connectivity index (χ3n) is 3.15. The fourth-order valence-corrected chi connectivity index (χ4v) is 2.37. The van der Waals surface area contributed by atoms with E-state index in [9.17, 15) is 5.11 Å². The number of nitrogens with one attached hydrogen (secondary N) is 1. The van der Waals surface area contributed by atoms with Crippen molar-refractivity contribution in [3.63, 3.8) is 0 Å². The van der Waals surface area contributed by atoms with Gasteiger partial charge in [-0.15, -0.1) is 0 Å². The van der Waals surface area contributed by atoms with Gasteiger partial charge in [-0.2, -0.15) is 0 Å². The smallest absolute Gasteiger partial charge is 0.125 e. The largest absolute Gasteiger partial charge is 0.496 e. The van der Waals surface area contributed by atoms with E-state index in [0.717, 1.165) is 22.4 Å². The summed E-state index contributed by atoms with van der Waals surface area (Å²) in [5.41, 5.74) is 2.03. The quantitative estimate of drug-likeness (QED) is 0.739. The van der Waals surface area contributed by atoms with Gasteiger partial charge in [0.1, 0.15) is 11.4 Å². The second-order valence-electron chi connectivity index (χ2n) is 5.10. The normalized spacial score (nSPS) is 14.2. The van der Waals surface area contributed by atoms with Crippen LogP contribution in [0.4, 0.5) is 0 Å². The first-order chi connectivity index (χ1) is 8.92. The van der Waals surface area contributed by atoms with Gasteiger partial charge >= 0.3 is 0 Å². The highest BCUT2D eigenvalue weighted by molar-refractivity contribution is 5.46. The number of methoxy groups -OCH3 is 2. The molecular weight excluding hydrogens is 242 g/mol. The SMILES string of the molecule is COCCNCC(C)(O)c1c(C)cc(C)cc1OC. The first-order valence-electron chi connectivity index (χ1n) is 6.50. The maximum atomic E-state index is 10.7. The Balaban J connectivity index is 2.93. The summed E-state index contributed by atoms with van der Waals surface area (Å²) >= 11 is 0. The molecule has 0 aliphatic carbocycles. The van der Waals surface area contributed by atoms with Gasteiger partial charge in [-0.05, 0) is 38.0 Å². The van der Waals surface area contributed by atoms with Gasteiger partial charge in [0.2, 0.25) is 0 Å². The van der Waals surface area contributed by atoms with Crippen LogP contribution in [0.3, 0.4) is 0 Å². The average Bonchev–Trinajstić information content (AvgIpc) is 2.33. The molecule has 2 N–H and O–H groups in total. The predicted molar refractivity (Wildman–Crippen MR) is 76.8 cm³/mol. The molecule has 1 atom stereocenters. The molecular formula is C15H25NO3. The summed E-state index contributed by atoms with van der Waals surface area (Å²) < 4.78 is 10.4. The number of ether oxygens (including phenoxy) is 2. The highest BCUT2D eigenvalue weighted by atomic mass is 16.5. The summed E-state index contributed by atoms with van der Waals surface area (Å²) in [4.78, 5) is 0. The van der Waals surface area contributed by atoms with Crippen LogP contribution in [0.25, 0.3) is 0 Å². The van der Waals surface area contributed by atoms with E-state index in [2.05, 4.69) is 11.4 Å². The summed E-state index contributed by atoms with van der Waals surface area (Å²) in [7, 11) is 3.29. The Kier molecular flexibility index (Phi) is 5.79. The molecule has 108 valence electrons. The summed E-state index contributed by atoms with van der Waals surface area (Å²) in [6.45, 7) is 7.60. The van der Waals surface area contributed by atoms with E-state index in [4.69, 9.17) is 9.47 Å². The fourth-order valence-electron chi connectivity index (χ4n) is 2.37. The van der Waals surface area contributed by atoms with Gasteiger partial charge in [-0.25, -0.2) is 0 Å². The van der Waals surface area contributed by atoms with Crippen LogP contribution < -0.4 is 10.1 Å². The predicted octanol–water partition coefficient (Wildman–Crippen LogP) is 1.76. The van der Waals surface area contributed by atoms with Crippen molar-refractivity contribution in [2.75, 3.05) is 33.9 Å².